The maximum absolute atomic E-state index is 12.4. The highest BCUT2D eigenvalue weighted by Gasteiger charge is 2.39. The first kappa shape index (κ1) is 14.5. The van der Waals surface area contributed by atoms with Crippen molar-refractivity contribution in [2.75, 3.05) is 5.75 Å². The van der Waals surface area contributed by atoms with Gasteiger partial charge in [0.05, 0.1) is 5.25 Å². The van der Waals surface area contributed by atoms with Crippen LogP contribution in [0.3, 0.4) is 0 Å². The highest BCUT2D eigenvalue weighted by atomic mass is 32.2. The van der Waals surface area contributed by atoms with Crippen molar-refractivity contribution in [2.45, 2.75) is 37.4 Å². The molecule has 15 heavy (non-hydrogen) atoms. The molecule has 1 N–H and O–H groups in total. The number of hydrogen-bond acceptors (Lipinski definition) is 2. The van der Waals surface area contributed by atoms with E-state index < -0.39 is 30.0 Å². The summed E-state index contributed by atoms with van der Waals surface area (Å²) < 4.78 is 48.1. The topological polar surface area (TPSA) is 37.3 Å². The molecule has 0 aromatic carbocycles. The average molecular weight is 248 g/mol. The van der Waals surface area contributed by atoms with Crippen molar-refractivity contribution in [3.63, 3.8) is 0 Å². The van der Waals surface area contributed by atoms with Crippen molar-refractivity contribution in [3.05, 3.63) is 0 Å². The van der Waals surface area contributed by atoms with E-state index in [1.807, 2.05) is 0 Å². The van der Waals surface area contributed by atoms with Gasteiger partial charge in [-0.15, -0.1) is 11.8 Å². The number of halogens is 4. The fourth-order valence-corrected chi connectivity index (χ4v) is 1.56. The lowest BCUT2D eigenvalue weighted by atomic mass is 10.2. The minimum atomic E-state index is -3.97. The van der Waals surface area contributed by atoms with E-state index in [1.165, 1.54) is 6.92 Å². The smallest absolute Gasteiger partial charge is 0.316 e. The third kappa shape index (κ3) is 5.86. The van der Waals surface area contributed by atoms with Crippen LogP contribution in [0, 0.1) is 0 Å². The van der Waals surface area contributed by atoms with Gasteiger partial charge in [-0.3, -0.25) is 4.79 Å². The molecular weight excluding hydrogens is 236 g/mol. The quantitative estimate of drug-likeness (QED) is 0.556. The van der Waals surface area contributed by atoms with E-state index in [9.17, 15) is 22.4 Å². The average Bonchev–Trinajstić information content (AvgIpc) is 2.11. The summed E-state index contributed by atoms with van der Waals surface area (Å²) in [5.74, 6) is -4.87. The largest absolute Gasteiger partial charge is 0.480 e. The molecule has 0 radical (unpaired) electrons. The lowest BCUT2D eigenvalue weighted by molar-refractivity contribution is -0.136. The first-order valence-corrected chi connectivity index (χ1v) is 5.32. The van der Waals surface area contributed by atoms with Gasteiger partial charge in [0.25, 0.3) is 0 Å². The Morgan fingerprint density at radius 2 is 2.00 bits per heavy atom. The first-order chi connectivity index (χ1) is 6.77. The third-order valence-corrected chi connectivity index (χ3v) is 2.92. The van der Waals surface area contributed by atoms with Gasteiger partial charge < -0.3 is 5.11 Å². The molecule has 0 amide bonds. The number of thioether (sulfide) groups is 1. The highest BCUT2D eigenvalue weighted by Crippen LogP contribution is 2.28. The Morgan fingerprint density at radius 3 is 2.40 bits per heavy atom. The molecule has 0 bridgehead atoms. The monoisotopic (exact) mass is 248 g/mol. The molecule has 0 spiro atoms. The molecule has 0 fully saturated rings. The van der Waals surface area contributed by atoms with Crippen molar-refractivity contribution in [2.24, 2.45) is 0 Å². The Balaban J connectivity index is 3.67. The zero-order valence-corrected chi connectivity index (χ0v) is 8.87. The van der Waals surface area contributed by atoms with Crippen LogP contribution in [0.5, 0.6) is 0 Å². The van der Waals surface area contributed by atoms with E-state index in [0.717, 1.165) is 11.8 Å². The fraction of sp³-hybridized carbons (Fsp3) is 0.875. The van der Waals surface area contributed by atoms with Gasteiger partial charge in [0.1, 0.15) is 0 Å². The minimum absolute atomic E-state index is 0.125. The summed E-state index contributed by atoms with van der Waals surface area (Å²) in [6.45, 7) is 1.41. The van der Waals surface area contributed by atoms with Crippen molar-refractivity contribution < 1.29 is 27.5 Å². The van der Waals surface area contributed by atoms with E-state index in [0.29, 0.717) is 0 Å². The maximum atomic E-state index is 12.4. The van der Waals surface area contributed by atoms with Crippen LogP contribution < -0.4 is 0 Å². The number of rotatable bonds is 7. The Kier molecular flexibility index (Phi) is 6.00. The number of carboxylic acids is 1. The summed E-state index contributed by atoms with van der Waals surface area (Å²) in [4.78, 5) is 10.3. The van der Waals surface area contributed by atoms with Gasteiger partial charge in [0, 0.05) is 6.42 Å². The Morgan fingerprint density at radius 1 is 1.47 bits per heavy atom. The molecule has 2 nitrogen and oxygen atoms in total. The number of carbonyl (C=O) groups is 1. The molecule has 0 aliphatic carbocycles. The van der Waals surface area contributed by atoms with Crippen molar-refractivity contribution in [1.82, 2.24) is 0 Å². The fourth-order valence-electron chi connectivity index (χ4n) is 0.748. The SMILES string of the molecule is CC(SCCCC(F)(F)C(F)F)C(=O)O. The van der Waals surface area contributed by atoms with Crippen LogP contribution in [-0.4, -0.2) is 34.4 Å². The van der Waals surface area contributed by atoms with Gasteiger partial charge in [-0.2, -0.15) is 0 Å². The van der Waals surface area contributed by atoms with E-state index >= 15 is 0 Å². The number of aliphatic carboxylic acids is 1. The molecule has 0 saturated carbocycles. The number of carboxylic acid groups (broad SMARTS) is 1. The normalized spacial score (nSPS) is 14.3. The lowest BCUT2D eigenvalue weighted by Crippen LogP contribution is -2.26. The summed E-state index contributed by atoms with van der Waals surface area (Å²) >= 11 is 0.959. The van der Waals surface area contributed by atoms with Gasteiger partial charge in [-0.05, 0) is 19.1 Å². The Bertz CT molecular complexity index is 211. The highest BCUT2D eigenvalue weighted by molar-refractivity contribution is 8.00. The Hall–Kier alpha value is -0.460. The minimum Gasteiger partial charge on any atom is -0.480 e. The van der Waals surface area contributed by atoms with Crippen molar-refractivity contribution >= 4 is 17.7 Å². The van der Waals surface area contributed by atoms with Crippen molar-refractivity contribution in [1.29, 1.82) is 0 Å². The molecule has 0 heterocycles. The molecule has 1 unspecified atom stereocenters. The second kappa shape index (κ2) is 6.19. The van der Waals surface area contributed by atoms with Gasteiger partial charge in [0.2, 0.25) is 0 Å². The number of hydrogen-bond donors (Lipinski definition) is 1. The zero-order chi connectivity index (χ0) is 12.1. The van der Waals surface area contributed by atoms with E-state index in [-0.39, 0.29) is 12.2 Å². The standard InChI is InChI=1S/C8H12F4O2S/c1-5(6(13)14)15-4-2-3-8(11,12)7(9)10/h5,7H,2-4H2,1H3,(H,13,14). The van der Waals surface area contributed by atoms with Crippen LogP contribution in [0.25, 0.3) is 0 Å². The van der Waals surface area contributed by atoms with Crippen LogP contribution in [-0.2, 0) is 4.79 Å². The van der Waals surface area contributed by atoms with Gasteiger partial charge in [0.15, 0.2) is 0 Å². The maximum Gasteiger partial charge on any atom is 0.316 e. The molecule has 90 valence electrons. The summed E-state index contributed by atoms with van der Waals surface area (Å²) in [7, 11) is 0. The molecular formula is C8H12F4O2S. The van der Waals surface area contributed by atoms with E-state index in [4.69, 9.17) is 5.11 Å². The molecule has 1 atom stereocenters. The van der Waals surface area contributed by atoms with E-state index in [2.05, 4.69) is 0 Å². The van der Waals surface area contributed by atoms with Crippen LogP contribution >= 0.6 is 11.8 Å². The van der Waals surface area contributed by atoms with E-state index in [1.54, 1.807) is 0 Å². The summed E-state index contributed by atoms with van der Waals surface area (Å²) in [5, 5.41) is 7.74. The van der Waals surface area contributed by atoms with Crippen LogP contribution in [0.4, 0.5) is 17.6 Å². The lowest BCUT2D eigenvalue weighted by Gasteiger charge is -2.14. The first-order valence-electron chi connectivity index (χ1n) is 4.27. The van der Waals surface area contributed by atoms with Crippen LogP contribution in [0.1, 0.15) is 19.8 Å². The summed E-state index contributed by atoms with van der Waals surface area (Å²) in [6.07, 6.45) is -4.69. The van der Waals surface area contributed by atoms with Crippen LogP contribution in [0.2, 0.25) is 0 Å². The van der Waals surface area contributed by atoms with Gasteiger partial charge in [-0.25, -0.2) is 17.6 Å². The van der Waals surface area contributed by atoms with Gasteiger partial charge in [-0.1, -0.05) is 0 Å². The second-order valence-corrected chi connectivity index (χ2v) is 4.47. The zero-order valence-electron chi connectivity index (χ0n) is 8.05. The summed E-state index contributed by atoms with van der Waals surface area (Å²) in [5.41, 5.74) is 0. The van der Waals surface area contributed by atoms with Crippen LogP contribution in [0.15, 0.2) is 0 Å². The molecule has 0 aliphatic rings. The predicted octanol–water partition coefficient (Wildman–Crippen LogP) is 2.87. The summed E-state index contributed by atoms with van der Waals surface area (Å²) in [6, 6.07) is 0. The molecule has 0 aromatic rings. The predicted molar refractivity (Wildman–Crippen MR) is 49.7 cm³/mol. The third-order valence-electron chi connectivity index (χ3n) is 1.69. The molecule has 0 aliphatic heterocycles. The van der Waals surface area contributed by atoms with Crippen molar-refractivity contribution in [3.8, 4) is 0 Å². The Labute approximate surface area is 89.0 Å². The molecule has 7 heteroatoms. The van der Waals surface area contributed by atoms with Gasteiger partial charge >= 0.3 is 18.3 Å². The molecule has 0 aromatic heterocycles. The number of alkyl halides is 4. The molecule has 0 saturated heterocycles. The molecule has 0 rings (SSSR count). The second-order valence-electron chi connectivity index (χ2n) is 3.02.